The highest BCUT2D eigenvalue weighted by molar-refractivity contribution is 5.42. The van der Waals surface area contributed by atoms with Crippen LogP contribution in [-0.4, -0.2) is 13.3 Å². The van der Waals surface area contributed by atoms with Crippen molar-refractivity contribution >= 4 is 0 Å². The standard InChI is InChI=1S/C15H14F3NO/c1-20-13-9-7-12(8-10-13)14(19,15(16,17)18)11-5-3-2-4-6-11/h2-10H,19H2,1H3. The molecule has 0 bridgehead atoms. The molecule has 1 unspecified atom stereocenters. The largest absolute Gasteiger partial charge is 0.497 e. The van der Waals surface area contributed by atoms with E-state index in [0.717, 1.165) is 0 Å². The van der Waals surface area contributed by atoms with Gasteiger partial charge in [0.15, 0.2) is 5.54 Å². The van der Waals surface area contributed by atoms with E-state index >= 15 is 0 Å². The van der Waals surface area contributed by atoms with Gasteiger partial charge in [-0.3, -0.25) is 0 Å². The fraction of sp³-hybridized carbons (Fsp3) is 0.200. The summed E-state index contributed by atoms with van der Waals surface area (Å²) in [4.78, 5) is 0. The first-order chi connectivity index (χ1) is 9.39. The molecule has 0 radical (unpaired) electrons. The van der Waals surface area contributed by atoms with Crippen molar-refractivity contribution in [2.45, 2.75) is 11.7 Å². The SMILES string of the molecule is COc1ccc(C(N)(c2ccccc2)C(F)(F)F)cc1. The lowest BCUT2D eigenvalue weighted by Gasteiger charge is -2.33. The average Bonchev–Trinajstić information content (AvgIpc) is 2.46. The summed E-state index contributed by atoms with van der Waals surface area (Å²) in [5.41, 5.74) is 3.17. The number of ether oxygens (including phenoxy) is 1. The van der Waals surface area contributed by atoms with Crippen LogP contribution in [0.15, 0.2) is 54.6 Å². The summed E-state index contributed by atoms with van der Waals surface area (Å²) >= 11 is 0. The fourth-order valence-corrected chi connectivity index (χ4v) is 2.05. The molecule has 2 aromatic carbocycles. The highest BCUT2D eigenvalue weighted by atomic mass is 19.4. The van der Waals surface area contributed by atoms with Crippen molar-refractivity contribution in [3.63, 3.8) is 0 Å². The number of nitrogens with two attached hydrogens (primary N) is 1. The van der Waals surface area contributed by atoms with Crippen molar-refractivity contribution in [1.29, 1.82) is 0 Å². The molecule has 2 aromatic rings. The Kier molecular flexibility index (Phi) is 3.72. The van der Waals surface area contributed by atoms with Gasteiger partial charge in [0.2, 0.25) is 0 Å². The van der Waals surface area contributed by atoms with Crippen LogP contribution < -0.4 is 10.5 Å². The molecule has 1 atom stereocenters. The van der Waals surface area contributed by atoms with Gasteiger partial charge in [-0.2, -0.15) is 13.2 Å². The Bertz CT molecular complexity index is 566. The number of hydrogen-bond acceptors (Lipinski definition) is 2. The normalized spacial score (nSPS) is 14.7. The first kappa shape index (κ1) is 14.4. The average molecular weight is 281 g/mol. The molecular weight excluding hydrogens is 267 g/mol. The van der Waals surface area contributed by atoms with Crippen molar-refractivity contribution in [2.75, 3.05) is 7.11 Å². The first-order valence-electron chi connectivity index (χ1n) is 5.95. The number of methoxy groups -OCH3 is 1. The number of hydrogen-bond donors (Lipinski definition) is 1. The summed E-state index contributed by atoms with van der Waals surface area (Å²) in [6.45, 7) is 0. The summed E-state index contributed by atoms with van der Waals surface area (Å²) in [5, 5.41) is 0. The van der Waals surface area contributed by atoms with Crippen LogP contribution in [0.5, 0.6) is 5.75 Å². The first-order valence-corrected chi connectivity index (χ1v) is 5.95. The van der Waals surface area contributed by atoms with Gasteiger partial charge in [-0.25, -0.2) is 0 Å². The van der Waals surface area contributed by atoms with Crippen LogP contribution in [0, 0.1) is 0 Å². The van der Waals surface area contributed by atoms with Crippen LogP contribution in [0.25, 0.3) is 0 Å². The maximum atomic E-state index is 13.5. The van der Waals surface area contributed by atoms with E-state index in [-0.39, 0.29) is 11.1 Å². The molecule has 0 aliphatic heterocycles. The van der Waals surface area contributed by atoms with E-state index in [0.29, 0.717) is 5.75 Å². The summed E-state index contributed by atoms with van der Waals surface area (Å²) in [7, 11) is 1.45. The Balaban J connectivity index is 2.58. The van der Waals surface area contributed by atoms with E-state index in [1.165, 1.54) is 55.6 Å². The molecule has 0 saturated carbocycles. The topological polar surface area (TPSA) is 35.2 Å². The molecule has 0 heterocycles. The zero-order valence-electron chi connectivity index (χ0n) is 10.8. The lowest BCUT2D eigenvalue weighted by atomic mass is 9.83. The van der Waals surface area contributed by atoms with Crippen LogP contribution >= 0.6 is 0 Å². The second kappa shape index (κ2) is 5.17. The van der Waals surface area contributed by atoms with Gasteiger partial charge in [0.25, 0.3) is 0 Å². The molecule has 0 amide bonds. The van der Waals surface area contributed by atoms with Crippen molar-refractivity contribution in [2.24, 2.45) is 5.73 Å². The number of benzene rings is 2. The lowest BCUT2D eigenvalue weighted by Crippen LogP contribution is -2.51. The molecule has 106 valence electrons. The number of halogens is 3. The summed E-state index contributed by atoms with van der Waals surface area (Å²) in [6, 6.07) is 13.1. The maximum absolute atomic E-state index is 13.5. The van der Waals surface area contributed by atoms with Crippen molar-refractivity contribution in [3.05, 3.63) is 65.7 Å². The van der Waals surface area contributed by atoms with Gasteiger partial charge in [-0.15, -0.1) is 0 Å². The fourth-order valence-electron chi connectivity index (χ4n) is 2.05. The molecule has 0 spiro atoms. The lowest BCUT2D eigenvalue weighted by molar-refractivity contribution is -0.176. The second-order valence-electron chi connectivity index (χ2n) is 4.40. The Morgan fingerprint density at radius 3 is 1.80 bits per heavy atom. The zero-order chi connectivity index (χ0) is 14.8. The van der Waals surface area contributed by atoms with E-state index in [2.05, 4.69) is 0 Å². The molecular formula is C15H14F3NO. The van der Waals surface area contributed by atoms with Gasteiger partial charge in [0.05, 0.1) is 7.11 Å². The molecule has 0 aliphatic carbocycles. The second-order valence-corrected chi connectivity index (χ2v) is 4.40. The van der Waals surface area contributed by atoms with Gasteiger partial charge in [-0.1, -0.05) is 42.5 Å². The van der Waals surface area contributed by atoms with Gasteiger partial charge < -0.3 is 10.5 Å². The van der Waals surface area contributed by atoms with E-state index in [4.69, 9.17) is 10.5 Å². The zero-order valence-corrected chi connectivity index (χ0v) is 10.8. The summed E-state index contributed by atoms with van der Waals surface area (Å²) in [6.07, 6.45) is -4.61. The monoisotopic (exact) mass is 281 g/mol. The van der Waals surface area contributed by atoms with Crippen LogP contribution in [0.4, 0.5) is 13.2 Å². The minimum atomic E-state index is -4.61. The van der Waals surface area contributed by atoms with Crippen molar-refractivity contribution in [1.82, 2.24) is 0 Å². The third-order valence-corrected chi connectivity index (χ3v) is 3.22. The van der Waals surface area contributed by atoms with E-state index in [1.807, 2.05) is 0 Å². The molecule has 2 rings (SSSR count). The molecule has 2 nitrogen and oxygen atoms in total. The minimum absolute atomic E-state index is 0.00216. The van der Waals surface area contributed by atoms with Crippen molar-refractivity contribution in [3.8, 4) is 5.75 Å². The van der Waals surface area contributed by atoms with Crippen LogP contribution in [0.1, 0.15) is 11.1 Å². The molecule has 0 fully saturated rings. The third-order valence-electron chi connectivity index (χ3n) is 3.22. The van der Waals surface area contributed by atoms with Crippen LogP contribution in [-0.2, 0) is 5.54 Å². The maximum Gasteiger partial charge on any atom is 0.414 e. The van der Waals surface area contributed by atoms with Crippen molar-refractivity contribution < 1.29 is 17.9 Å². The van der Waals surface area contributed by atoms with Gasteiger partial charge in [0.1, 0.15) is 5.75 Å². The molecule has 0 aromatic heterocycles. The number of alkyl halides is 3. The van der Waals surface area contributed by atoms with Gasteiger partial charge in [-0.05, 0) is 23.3 Å². The smallest absolute Gasteiger partial charge is 0.414 e. The molecule has 20 heavy (non-hydrogen) atoms. The number of rotatable bonds is 3. The highest BCUT2D eigenvalue weighted by Gasteiger charge is 2.54. The highest BCUT2D eigenvalue weighted by Crippen LogP contribution is 2.42. The molecule has 0 saturated heterocycles. The molecule has 5 heteroatoms. The molecule has 2 N–H and O–H groups in total. The summed E-state index contributed by atoms with van der Waals surface area (Å²) < 4.78 is 45.5. The quantitative estimate of drug-likeness (QED) is 0.935. The predicted molar refractivity (Wildman–Crippen MR) is 70.5 cm³/mol. The van der Waals surface area contributed by atoms with Crippen LogP contribution in [0.2, 0.25) is 0 Å². The van der Waals surface area contributed by atoms with Gasteiger partial charge in [0, 0.05) is 0 Å². The predicted octanol–water partition coefficient (Wildman–Crippen LogP) is 3.46. The Hall–Kier alpha value is -2.01. The Morgan fingerprint density at radius 2 is 1.35 bits per heavy atom. The van der Waals surface area contributed by atoms with Crippen LogP contribution in [0.3, 0.4) is 0 Å². The summed E-state index contributed by atoms with van der Waals surface area (Å²) in [5.74, 6) is 0.478. The van der Waals surface area contributed by atoms with E-state index in [9.17, 15) is 13.2 Å². The molecule has 0 aliphatic rings. The van der Waals surface area contributed by atoms with E-state index in [1.54, 1.807) is 6.07 Å². The Morgan fingerprint density at radius 1 is 0.850 bits per heavy atom. The third kappa shape index (κ3) is 2.36. The van der Waals surface area contributed by atoms with E-state index < -0.39 is 11.7 Å². The minimum Gasteiger partial charge on any atom is -0.497 e. The van der Waals surface area contributed by atoms with Gasteiger partial charge >= 0.3 is 6.18 Å². The Labute approximate surface area is 115 Å².